The predicted octanol–water partition coefficient (Wildman–Crippen LogP) is 2.78. The van der Waals surface area contributed by atoms with Gasteiger partial charge in [0, 0.05) is 35.1 Å². The van der Waals surface area contributed by atoms with Crippen molar-refractivity contribution >= 4 is 22.6 Å². The van der Waals surface area contributed by atoms with Crippen LogP contribution >= 0.6 is 0 Å². The fraction of sp³-hybridized carbons (Fsp3) is 0.294. The van der Waals surface area contributed by atoms with Crippen molar-refractivity contribution in [2.24, 2.45) is 0 Å². The van der Waals surface area contributed by atoms with E-state index in [9.17, 15) is 4.79 Å². The normalized spacial score (nSPS) is 11.8. The summed E-state index contributed by atoms with van der Waals surface area (Å²) < 4.78 is 2.04. The summed E-state index contributed by atoms with van der Waals surface area (Å²) >= 11 is 0. The number of aromatic nitrogens is 4. The Morgan fingerprint density at radius 2 is 2.13 bits per heavy atom. The first-order chi connectivity index (χ1) is 10.9. The Labute approximate surface area is 134 Å². The summed E-state index contributed by atoms with van der Waals surface area (Å²) in [6, 6.07) is 3.25. The maximum Gasteiger partial charge on any atom is 0.195 e. The summed E-state index contributed by atoms with van der Waals surface area (Å²) in [5, 5.41) is 0.745. The minimum absolute atomic E-state index is 0.107. The van der Waals surface area contributed by atoms with E-state index in [1.54, 1.807) is 18.3 Å². The molecule has 0 fully saturated rings. The zero-order chi connectivity index (χ0) is 16.6. The van der Waals surface area contributed by atoms with Crippen molar-refractivity contribution in [2.75, 3.05) is 5.73 Å². The Kier molecular flexibility index (Phi) is 3.60. The maximum absolute atomic E-state index is 12.9. The Morgan fingerprint density at radius 1 is 1.35 bits per heavy atom. The molecule has 0 saturated carbocycles. The topological polar surface area (TPSA) is 86.7 Å². The summed E-state index contributed by atoms with van der Waals surface area (Å²) in [6.07, 6.45) is 7.50. The highest BCUT2D eigenvalue weighted by Gasteiger charge is 2.25. The highest BCUT2D eigenvalue weighted by Crippen LogP contribution is 2.29. The molecule has 0 amide bonds. The zero-order valence-electron chi connectivity index (χ0n) is 13.4. The van der Waals surface area contributed by atoms with Crippen molar-refractivity contribution in [3.63, 3.8) is 0 Å². The van der Waals surface area contributed by atoms with Gasteiger partial charge >= 0.3 is 0 Å². The first-order valence-electron chi connectivity index (χ1n) is 7.52. The van der Waals surface area contributed by atoms with Crippen LogP contribution in [0.25, 0.3) is 11.0 Å². The lowest BCUT2D eigenvalue weighted by Crippen LogP contribution is -2.24. The number of hydrogen-bond donors (Lipinski definition) is 1. The van der Waals surface area contributed by atoms with Crippen LogP contribution in [0.1, 0.15) is 43.1 Å². The average Bonchev–Trinajstić information content (AvgIpc) is 2.94. The van der Waals surface area contributed by atoms with Crippen LogP contribution < -0.4 is 5.73 Å². The van der Waals surface area contributed by atoms with Crippen LogP contribution in [0.3, 0.4) is 0 Å². The van der Waals surface area contributed by atoms with Gasteiger partial charge in [0.05, 0.1) is 5.56 Å². The van der Waals surface area contributed by atoms with Gasteiger partial charge in [0.25, 0.3) is 0 Å². The molecule has 0 aliphatic heterocycles. The van der Waals surface area contributed by atoms with E-state index in [1.165, 1.54) is 12.5 Å². The second-order valence-electron chi connectivity index (χ2n) is 6.14. The van der Waals surface area contributed by atoms with Crippen LogP contribution in [-0.4, -0.2) is 25.3 Å². The number of ketones is 1. The fourth-order valence-electron chi connectivity index (χ4n) is 2.52. The van der Waals surface area contributed by atoms with Gasteiger partial charge in [0.15, 0.2) is 5.78 Å². The molecule has 0 atom stereocenters. The second-order valence-corrected chi connectivity index (χ2v) is 6.14. The van der Waals surface area contributed by atoms with Gasteiger partial charge in [-0.1, -0.05) is 6.92 Å². The molecule has 0 saturated heterocycles. The Morgan fingerprint density at radius 3 is 2.83 bits per heavy atom. The number of rotatable bonds is 4. The second kappa shape index (κ2) is 5.46. The maximum atomic E-state index is 12.9. The van der Waals surface area contributed by atoms with Gasteiger partial charge in [-0.3, -0.25) is 4.79 Å². The van der Waals surface area contributed by atoms with Gasteiger partial charge in [0.1, 0.15) is 17.8 Å². The molecule has 3 aromatic rings. The largest absolute Gasteiger partial charge is 0.384 e. The summed E-state index contributed by atoms with van der Waals surface area (Å²) in [5.41, 5.74) is 7.39. The van der Waals surface area contributed by atoms with E-state index >= 15 is 0 Å². The lowest BCUT2D eigenvalue weighted by molar-refractivity contribution is 0.104. The van der Waals surface area contributed by atoms with Gasteiger partial charge in [-0.15, -0.1) is 0 Å². The number of carbonyl (C=O) groups excluding carboxylic acids is 1. The van der Waals surface area contributed by atoms with Gasteiger partial charge in [-0.2, -0.15) is 0 Å². The molecule has 0 aliphatic carbocycles. The third kappa shape index (κ3) is 2.56. The molecule has 0 radical (unpaired) electrons. The Hall–Kier alpha value is -2.76. The summed E-state index contributed by atoms with van der Waals surface area (Å²) in [6.45, 7) is 6.35. The zero-order valence-corrected chi connectivity index (χ0v) is 13.4. The monoisotopic (exact) mass is 309 g/mol. The minimum atomic E-state index is -0.150. The highest BCUT2D eigenvalue weighted by atomic mass is 16.1. The smallest absolute Gasteiger partial charge is 0.195 e. The first kappa shape index (κ1) is 15.1. The van der Waals surface area contributed by atoms with E-state index in [2.05, 4.69) is 35.7 Å². The molecular formula is C17H19N5O. The van der Waals surface area contributed by atoms with Crippen molar-refractivity contribution in [3.05, 3.63) is 48.2 Å². The number of carbonyl (C=O) groups is 1. The van der Waals surface area contributed by atoms with Gasteiger partial charge in [-0.05, 0) is 32.4 Å². The Balaban J connectivity index is 2.21. The third-order valence-corrected chi connectivity index (χ3v) is 4.27. The average molecular weight is 309 g/mol. The molecule has 0 spiro atoms. The molecule has 23 heavy (non-hydrogen) atoms. The van der Waals surface area contributed by atoms with Gasteiger partial charge in [-0.25, -0.2) is 15.0 Å². The molecule has 3 rings (SSSR count). The van der Waals surface area contributed by atoms with Crippen LogP contribution in [0.15, 0.2) is 37.1 Å². The molecule has 0 bridgehead atoms. The molecule has 3 heterocycles. The summed E-state index contributed by atoms with van der Waals surface area (Å²) in [5.74, 6) is 0.217. The number of fused-ring (bicyclic) bond motifs is 1. The van der Waals surface area contributed by atoms with E-state index in [-0.39, 0.29) is 11.3 Å². The standard InChI is InChI=1S/C17H19N5O/c1-4-17(2,3)22-9-13(12-8-19-10-21-16(12)22)15(23)11-5-6-20-14(18)7-11/h5-10H,4H2,1-3H3,(H2,18,20). The molecule has 2 N–H and O–H groups in total. The fourth-order valence-corrected chi connectivity index (χ4v) is 2.52. The summed E-state index contributed by atoms with van der Waals surface area (Å²) in [4.78, 5) is 25.3. The lowest BCUT2D eigenvalue weighted by Gasteiger charge is -2.25. The number of anilines is 1. The predicted molar refractivity (Wildman–Crippen MR) is 89.2 cm³/mol. The number of hydrogen-bond acceptors (Lipinski definition) is 5. The van der Waals surface area contributed by atoms with Crippen LogP contribution in [-0.2, 0) is 5.54 Å². The van der Waals surface area contributed by atoms with E-state index < -0.39 is 0 Å². The van der Waals surface area contributed by atoms with E-state index in [1.807, 2.05) is 10.8 Å². The van der Waals surface area contributed by atoms with Crippen molar-refractivity contribution in [3.8, 4) is 0 Å². The highest BCUT2D eigenvalue weighted by molar-refractivity contribution is 6.16. The van der Waals surface area contributed by atoms with Crippen molar-refractivity contribution < 1.29 is 4.79 Å². The summed E-state index contributed by atoms with van der Waals surface area (Å²) in [7, 11) is 0. The molecule has 3 aromatic heterocycles. The lowest BCUT2D eigenvalue weighted by atomic mass is 10.0. The van der Waals surface area contributed by atoms with Crippen LogP contribution in [0.5, 0.6) is 0 Å². The van der Waals surface area contributed by atoms with Crippen LogP contribution in [0, 0.1) is 0 Å². The number of pyridine rings is 1. The van der Waals surface area contributed by atoms with Crippen LogP contribution in [0.4, 0.5) is 5.82 Å². The first-order valence-corrected chi connectivity index (χ1v) is 7.52. The molecule has 0 unspecified atom stereocenters. The molecule has 118 valence electrons. The number of nitrogen functional groups attached to an aromatic ring is 1. The molecule has 6 nitrogen and oxygen atoms in total. The quantitative estimate of drug-likeness (QED) is 0.749. The third-order valence-electron chi connectivity index (χ3n) is 4.27. The van der Waals surface area contributed by atoms with Crippen LogP contribution in [0.2, 0.25) is 0 Å². The SMILES string of the molecule is CCC(C)(C)n1cc(C(=O)c2ccnc(N)c2)c2cncnc21. The molecular weight excluding hydrogens is 290 g/mol. The van der Waals surface area contributed by atoms with Crippen molar-refractivity contribution in [1.82, 2.24) is 19.5 Å². The van der Waals surface area contributed by atoms with E-state index in [0.29, 0.717) is 16.9 Å². The van der Waals surface area contributed by atoms with Gasteiger partial charge in [0.2, 0.25) is 0 Å². The Bertz CT molecular complexity index is 882. The number of nitrogens with zero attached hydrogens (tertiary/aromatic N) is 4. The van der Waals surface area contributed by atoms with Gasteiger partial charge < -0.3 is 10.3 Å². The van der Waals surface area contributed by atoms with E-state index in [4.69, 9.17) is 5.73 Å². The van der Waals surface area contributed by atoms with Crippen molar-refractivity contribution in [2.45, 2.75) is 32.7 Å². The molecule has 0 aromatic carbocycles. The number of nitrogens with two attached hydrogens (primary N) is 1. The molecule has 6 heteroatoms. The van der Waals surface area contributed by atoms with E-state index in [0.717, 1.165) is 17.5 Å². The molecule has 0 aliphatic rings. The minimum Gasteiger partial charge on any atom is -0.384 e. The van der Waals surface area contributed by atoms with Crippen molar-refractivity contribution in [1.29, 1.82) is 0 Å².